The highest BCUT2D eigenvalue weighted by Gasteiger charge is 2.09. The summed E-state index contributed by atoms with van der Waals surface area (Å²) in [5.41, 5.74) is 10.6. The highest BCUT2D eigenvalue weighted by atomic mass is 16.2. The maximum absolute atomic E-state index is 11.6. The lowest BCUT2D eigenvalue weighted by Gasteiger charge is -2.01. The number of carbonyl (C=O) groups excluding carboxylic acids is 2. The van der Waals surface area contributed by atoms with Gasteiger partial charge < -0.3 is 16.8 Å². The zero-order valence-electron chi connectivity index (χ0n) is 10.1. The second-order valence-electron chi connectivity index (χ2n) is 3.83. The molecule has 1 rings (SSSR count). The van der Waals surface area contributed by atoms with E-state index in [2.05, 4.69) is 15.6 Å². The molecule has 0 bridgehead atoms. The van der Waals surface area contributed by atoms with Crippen molar-refractivity contribution in [3.63, 3.8) is 0 Å². The van der Waals surface area contributed by atoms with Crippen LogP contribution in [-0.4, -0.2) is 39.9 Å². The maximum Gasteiger partial charge on any atom is 0.273 e. The number of rotatable bonds is 8. The number of nitrogens with zero attached hydrogens (tertiary/aromatic N) is 3. The van der Waals surface area contributed by atoms with Crippen molar-refractivity contribution >= 4 is 11.8 Å². The number of nitrogens with one attached hydrogen (secondary N) is 1. The van der Waals surface area contributed by atoms with Crippen LogP contribution in [0.4, 0.5) is 0 Å². The SMILES string of the molecule is NCCn1cc(C(=O)NCCCCC(N)=O)nn1. The average molecular weight is 254 g/mol. The summed E-state index contributed by atoms with van der Waals surface area (Å²) in [5, 5.41) is 10.2. The molecular weight excluding hydrogens is 236 g/mol. The summed E-state index contributed by atoms with van der Waals surface area (Å²) in [6.07, 6.45) is 3.25. The molecule has 0 saturated carbocycles. The Hall–Kier alpha value is -1.96. The van der Waals surface area contributed by atoms with Crippen LogP contribution in [0.2, 0.25) is 0 Å². The molecule has 0 unspecified atom stereocenters. The predicted molar refractivity (Wildman–Crippen MR) is 64.5 cm³/mol. The number of hydrogen-bond donors (Lipinski definition) is 3. The van der Waals surface area contributed by atoms with Crippen LogP contribution < -0.4 is 16.8 Å². The van der Waals surface area contributed by atoms with Crippen molar-refractivity contribution in [1.29, 1.82) is 0 Å². The quantitative estimate of drug-likeness (QED) is 0.492. The first kappa shape index (κ1) is 14.1. The number of amides is 2. The molecule has 5 N–H and O–H groups in total. The first-order chi connectivity index (χ1) is 8.63. The van der Waals surface area contributed by atoms with E-state index in [0.29, 0.717) is 38.9 Å². The standard InChI is InChI=1S/C10H18N6O2/c11-4-6-16-7-8(14-15-16)10(18)13-5-2-1-3-9(12)17/h7H,1-6,11H2,(H2,12,17)(H,13,18). The molecule has 1 heterocycles. The second kappa shape index (κ2) is 7.38. The van der Waals surface area contributed by atoms with Crippen molar-refractivity contribution in [3.05, 3.63) is 11.9 Å². The average Bonchev–Trinajstić information content (AvgIpc) is 2.77. The molecule has 8 heteroatoms. The molecule has 0 spiro atoms. The predicted octanol–water partition coefficient (Wildman–Crippen LogP) is -1.38. The summed E-state index contributed by atoms with van der Waals surface area (Å²) in [5.74, 6) is -0.608. The van der Waals surface area contributed by atoms with E-state index in [9.17, 15) is 9.59 Å². The van der Waals surface area contributed by atoms with Crippen LogP contribution in [0.15, 0.2) is 6.20 Å². The van der Waals surface area contributed by atoms with Crippen molar-refractivity contribution in [2.75, 3.05) is 13.1 Å². The minimum absolute atomic E-state index is 0.262. The van der Waals surface area contributed by atoms with Gasteiger partial charge in [-0.3, -0.25) is 14.3 Å². The molecule has 0 saturated heterocycles. The first-order valence-electron chi connectivity index (χ1n) is 5.80. The number of unbranched alkanes of at least 4 members (excludes halogenated alkanes) is 1. The molecule has 0 aliphatic rings. The van der Waals surface area contributed by atoms with Crippen molar-refractivity contribution in [3.8, 4) is 0 Å². The molecule has 8 nitrogen and oxygen atoms in total. The lowest BCUT2D eigenvalue weighted by atomic mass is 10.2. The molecular formula is C10H18N6O2. The minimum atomic E-state index is -0.328. The topological polar surface area (TPSA) is 129 Å². The Bertz CT molecular complexity index is 403. The number of nitrogens with two attached hydrogens (primary N) is 2. The molecule has 0 aromatic carbocycles. The van der Waals surface area contributed by atoms with Gasteiger partial charge in [0.05, 0.1) is 12.7 Å². The van der Waals surface area contributed by atoms with Gasteiger partial charge in [0, 0.05) is 19.5 Å². The highest BCUT2D eigenvalue weighted by molar-refractivity contribution is 5.91. The molecule has 0 fully saturated rings. The fourth-order valence-electron chi connectivity index (χ4n) is 1.36. The molecule has 0 aliphatic heterocycles. The Balaban J connectivity index is 2.25. The van der Waals surface area contributed by atoms with Crippen LogP contribution >= 0.6 is 0 Å². The molecule has 1 aromatic heterocycles. The summed E-state index contributed by atoms with van der Waals surface area (Å²) in [6, 6.07) is 0. The molecule has 0 radical (unpaired) electrons. The summed E-state index contributed by atoms with van der Waals surface area (Å²) in [6.45, 7) is 1.45. The highest BCUT2D eigenvalue weighted by Crippen LogP contribution is 1.95. The smallest absolute Gasteiger partial charge is 0.273 e. The van der Waals surface area contributed by atoms with E-state index in [4.69, 9.17) is 11.5 Å². The van der Waals surface area contributed by atoms with Gasteiger partial charge in [0.2, 0.25) is 5.91 Å². The Labute approximate surface area is 105 Å². The minimum Gasteiger partial charge on any atom is -0.370 e. The summed E-state index contributed by atoms with van der Waals surface area (Å²) < 4.78 is 1.52. The van der Waals surface area contributed by atoms with E-state index >= 15 is 0 Å². The van der Waals surface area contributed by atoms with Gasteiger partial charge in [-0.15, -0.1) is 5.10 Å². The van der Waals surface area contributed by atoms with E-state index in [1.807, 2.05) is 0 Å². The molecule has 0 atom stereocenters. The summed E-state index contributed by atoms with van der Waals surface area (Å²) >= 11 is 0. The van der Waals surface area contributed by atoms with E-state index in [1.54, 1.807) is 6.20 Å². The van der Waals surface area contributed by atoms with Crippen LogP contribution in [0.5, 0.6) is 0 Å². The van der Waals surface area contributed by atoms with Crippen LogP contribution in [0.25, 0.3) is 0 Å². The maximum atomic E-state index is 11.6. The van der Waals surface area contributed by atoms with Crippen LogP contribution in [-0.2, 0) is 11.3 Å². The van der Waals surface area contributed by atoms with E-state index in [1.165, 1.54) is 4.68 Å². The van der Waals surface area contributed by atoms with E-state index < -0.39 is 0 Å². The van der Waals surface area contributed by atoms with Gasteiger partial charge in [0.1, 0.15) is 0 Å². The van der Waals surface area contributed by atoms with E-state index in [-0.39, 0.29) is 17.5 Å². The Morgan fingerprint density at radius 3 is 2.83 bits per heavy atom. The Kier molecular flexibility index (Phi) is 5.78. The van der Waals surface area contributed by atoms with Gasteiger partial charge in [-0.05, 0) is 12.8 Å². The van der Waals surface area contributed by atoms with Gasteiger partial charge >= 0.3 is 0 Å². The fourth-order valence-corrected chi connectivity index (χ4v) is 1.36. The third-order valence-corrected chi connectivity index (χ3v) is 2.26. The molecule has 100 valence electrons. The first-order valence-corrected chi connectivity index (χ1v) is 5.80. The van der Waals surface area contributed by atoms with Crippen molar-refractivity contribution < 1.29 is 9.59 Å². The summed E-state index contributed by atoms with van der Waals surface area (Å²) in [4.78, 5) is 22.1. The van der Waals surface area contributed by atoms with Crippen LogP contribution in [0.3, 0.4) is 0 Å². The zero-order chi connectivity index (χ0) is 13.4. The van der Waals surface area contributed by atoms with Gasteiger partial charge in [0.25, 0.3) is 5.91 Å². The van der Waals surface area contributed by atoms with Crippen molar-refractivity contribution in [2.45, 2.75) is 25.8 Å². The molecule has 18 heavy (non-hydrogen) atoms. The molecule has 2 amide bonds. The van der Waals surface area contributed by atoms with Gasteiger partial charge in [-0.1, -0.05) is 5.21 Å². The lowest BCUT2D eigenvalue weighted by molar-refractivity contribution is -0.118. The van der Waals surface area contributed by atoms with Crippen molar-refractivity contribution in [1.82, 2.24) is 20.3 Å². The number of aromatic nitrogens is 3. The number of hydrogen-bond acceptors (Lipinski definition) is 5. The van der Waals surface area contributed by atoms with Crippen LogP contribution in [0, 0.1) is 0 Å². The number of carbonyl (C=O) groups is 2. The number of primary amides is 1. The van der Waals surface area contributed by atoms with Gasteiger partial charge in [-0.2, -0.15) is 0 Å². The van der Waals surface area contributed by atoms with Gasteiger partial charge in [-0.25, -0.2) is 0 Å². The fraction of sp³-hybridized carbons (Fsp3) is 0.600. The lowest BCUT2D eigenvalue weighted by Crippen LogP contribution is -2.25. The van der Waals surface area contributed by atoms with Gasteiger partial charge in [0.15, 0.2) is 5.69 Å². The van der Waals surface area contributed by atoms with Crippen LogP contribution in [0.1, 0.15) is 29.8 Å². The zero-order valence-corrected chi connectivity index (χ0v) is 10.1. The largest absolute Gasteiger partial charge is 0.370 e. The normalized spacial score (nSPS) is 10.3. The Morgan fingerprint density at radius 1 is 1.39 bits per heavy atom. The third kappa shape index (κ3) is 4.91. The van der Waals surface area contributed by atoms with E-state index in [0.717, 1.165) is 0 Å². The Morgan fingerprint density at radius 2 is 2.17 bits per heavy atom. The monoisotopic (exact) mass is 254 g/mol. The van der Waals surface area contributed by atoms with Crippen molar-refractivity contribution in [2.24, 2.45) is 11.5 Å². The molecule has 0 aliphatic carbocycles. The third-order valence-electron chi connectivity index (χ3n) is 2.26. The summed E-state index contributed by atoms with van der Waals surface area (Å²) in [7, 11) is 0. The molecule has 1 aromatic rings. The second-order valence-corrected chi connectivity index (χ2v) is 3.83.